The molecule has 7 heteroatoms. The number of carbonyl (C=O) groups excluding carboxylic acids is 1. The molecule has 152 valence electrons. The summed E-state index contributed by atoms with van der Waals surface area (Å²) in [4.78, 5) is 39.0. The molecule has 29 heavy (non-hydrogen) atoms. The van der Waals surface area contributed by atoms with Crippen molar-refractivity contribution in [3.8, 4) is 5.75 Å². The fraction of sp³-hybridized carbons (Fsp3) is 0.318. The Morgan fingerprint density at radius 3 is 2.38 bits per heavy atom. The minimum Gasteiger partial charge on any atom is -0.497 e. The molecule has 0 aliphatic carbocycles. The van der Waals surface area contributed by atoms with Gasteiger partial charge in [0.05, 0.1) is 18.0 Å². The molecule has 0 unspecified atom stereocenters. The largest absolute Gasteiger partial charge is 0.497 e. The molecule has 0 aliphatic rings. The number of aromatic nitrogens is 2. The monoisotopic (exact) mass is 395 g/mol. The molecule has 2 aromatic carbocycles. The lowest BCUT2D eigenvalue weighted by molar-refractivity contribution is -0.119. The number of benzene rings is 2. The molecule has 0 spiro atoms. The number of fused-ring (bicyclic) bond motifs is 1. The summed E-state index contributed by atoms with van der Waals surface area (Å²) in [5, 5.41) is 3.29. The lowest BCUT2D eigenvalue weighted by Crippen LogP contribution is -2.43. The zero-order valence-electron chi connectivity index (χ0n) is 16.8. The number of nitrogens with zero attached hydrogens (tertiary/aromatic N) is 2. The topological polar surface area (TPSA) is 82.3 Å². The van der Waals surface area contributed by atoms with Crippen molar-refractivity contribution in [3.05, 3.63) is 69.4 Å². The van der Waals surface area contributed by atoms with Gasteiger partial charge in [0.25, 0.3) is 5.56 Å². The van der Waals surface area contributed by atoms with E-state index in [2.05, 4.69) is 5.32 Å². The van der Waals surface area contributed by atoms with Crippen LogP contribution >= 0.6 is 0 Å². The van der Waals surface area contributed by atoms with Crippen LogP contribution in [-0.2, 0) is 11.3 Å². The Balaban J connectivity index is 2.09. The van der Waals surface area contributed by atoms with E-state index < -0.39 is 11.7 Å². The van der Waals surface area contributed by atoms with Crippen LogP contribution in [-0.4, -0.2) is 22.2 Å². The molecule has 1 aromatic heterocycles. The summed E-state index contributed by atoms with van der Waals surface area (Å²) in [6.07, 6.45) is 1.04. The zero-order valence-corrected chi connectivity index (χ0v) is 16.8. The third-order valence-corrected chi connectivity index (χ3v) is 4.88. The standard InChI is InChI=1S/C22H25N3O4/c1-4-14-24-21(27)17-8-6-7-9-19(17)25(22(24)28)18(5-2)20(26)23-15-10-12-16(29-3)13-11-15/h6-13,18H,4-5,14H2,1-3H3,(H,23,26)/t18-/m0/s1. The maximum atomic E-state index is 13.2. The van der Waals surface area contributed by atoms with Crippen LogP contribution in [0.3, 0.4) is 0 Å². The minimum absolute atomic E-state index is 0.305. The SMILES string of the molecule is CCCn1c(=O)c2ccccc2n([C@@H](CC)C(=O)Nc2ccc(OC)cc2)c1=O. The summed E-state index contributed by atoms with van der Waals surface area (Å²) in [5.41, 5.74) is 0.279. The highest BCUT2D eigenvalue weighted by molar-refractivity contribution is 5.94. The van der Waals surface area contributed by atoms with Crippen LogP contribution < -0.4 is 21.3 Å². The first-order chi connectivity index (χ1) is 14.0. The molecule has 0 aliphatic heterocycles. The van der Waals surface area contributed by atoms with Crippen LogP contribution in [0.2, 0.25) is 0 Å². The Labute approximate surface area is 168 Å². The van der Waals surface area contributed by atoms with Gasteiger partial charge < -0.3 is 10.1 Å². The number of hydrogen-bond donors (Lipinski definition) is 1. The van der Waals surface area contributed by atoms with Crippen LogP contribution in [0, 0.1) is 0 Å². The highest BCUT2D eigenvalue weighted by Gasteiger charge is 2.24. The number of rotatable bonds is 7. The van der Waals surface area contributed by atoms with E-state index in [4.69, 9.17) is 4.74 Å². The van der Waals surface area contributed by atoms with Crippen LogP contribution in [0.25, 0.3) is 10.9 Å². The average Bonchev–Trinajstić information content (AvgIpc) is 2.74. The van der Waals surface area contributed by atoms with Crippen LogP contribution in [0.15, 0.2) is 58.1 Å². The van der Waals surface area contributed by atoms with Crippen molar-refractivity contribution in [1.29, 1.82) is 0 Å². The maximum Gasteiger partial charge on any atom is 0.332 e. The van der Waals surface area contributed by atoms with Crippen molar-refractivity contribution in [1.82, 2.24) is 9.13 Å². The second kappa shape index (κ2) is 8.77. The Hall–Kier alpha value is -3.35. The molecule has 1 N–H and O–H groups in total. The molecule has 0 bridgehead atoms. The fourth-order valence-corrected chi connectivity index (χ4v) is 3.44. The smallest absolute Gasteiger partial charge is 0.332 e. The molecule has 1 heterocycles. The van der Waals surface area contributed by atoms with Gasteiger partial charge >= 0.3 is 5.69 Å². The lowest BCUT2D eigenvalue weighted by atomic mass is 10.1. The van der Waals surface area contributed by atoms with Gasteiger partial charge in [0, 0.05) is 12.2 Å². The first-order valence-electron chi connectivity index (χ1n) is 9.70. The second-order valence-corrected chi connectivity index (χ2v) is 6.77. The molecule has 3 rings (SSSR count). The predicted molar refractivity (Wildman–Crippen MR) is 114 cm³/mol. The van der Waals surface area contributed by atoms with E-state index in [-0.39, 0.29) is 11.5 Å². The highest BCUT2D eigenvalue weighted by Crippen LogP contribution is 2.20. The molecular formula is C22H25N3O4. The molecule has 0 fully saturated rings. The van der Waals surface area contributed by atoms with Crippen molar-refractivity contribution in [3.63, 3.8) is 0 Å². The van der Waals surface area contributed by atoms with Gasteiger partial charge in [-0.15, -0.1) is 0 Å². The van der Waals surface area contributed by atoms with Gasteiger partial charge in [-0.1, -0.05) is 26.0 Å². The number of anilines is 1. The quantitative estimate of drug-likeness (QED) is 0.666. The number of hydrogen-bond acceptors (Lipinski definition) is 4. The summed E-state index contributed by atoms with van der Waals surface area (Å²) >= 11 is 0. The first kappa shape index (κ1) is 20.4. The van der Waals surface area contributed by atoms with Gasteiger partial charge in [0.2, 0.25) is 5.91 Å². The summed E-state index contributed by atoms with van der Waals surface area (Å²) < 4.78 is 7.78. The summed E-state index contributed by atoms with van der Waals surface area (Å²) in [5.74, 6) is 0.371. The van der Waals surface area contributed by atoms with Crippen molar-refractivity contribution in [2.75, 3.05) is 12.4 Å². The molecule has 0 saturated heterocycles. The first-order valence-corrected chi connectivity index (χ1v) is 9.70. The fourth-order valence-electron chi connectivity index (χ4n) is 3.44. The van der Waals surface area contributed by atoms with Crippen molar-refractivity contribution in [2.24, 2.45) is 0 Å². The van der Waals surface area contributed by atoms with Gasteiger partial charge in [-0.05, 0) is 49.2 Å². The number of ether oxygens (including phenoxy) is 1. The molecule has 0 saturated carbocycles. The van der Waals surface area contributed by atoms with Crippen LogP contribution in [0.4, 0.5) is 5.69 Å². The lowest BCUT2D eigenvalue weighted by Gasteiger charge is -2.21. The Morgan fingerprint density at radius 2 is 1.76 bits per heavy atom. The minimum atomic E-state index is -0.752. The van der Waals surface area contributed by atoms with Gasteiger partial charge in [-0.25, -0.2) is 4.79 Å². The molecular weight excluding hydrogens is 370 g/mol. The van der Waals surface area contributed by atoms with Crippen LogP contribution in [0.1, 0.15) is 32.7 Å². The van der Waals surface area contributed by atoms with Gasteiger partial charge in [0.15, 0.2) is 0 Å². The molecule has 1 amide bonds. The Bertz CT molecular complexity index is 1130. The van der Waals surface area contributed by atoms with Crippen LogP contribution in [0.5, 0.6) is 5.75 Å². The zero-order chi connectivity index (χ0) is 21.0. The van der Waals surface area contributed by atoms with E-state index in [1.165, 1.54) is 9.13 Å². The summed E-state index contributed by atoms with van der Waals surface area (Å²) in [6, 6.07) is 13.1. The predicted octanol–water partition coefficient (Wildman–Crippen LogP) is 3.17. The number of carbonyl (C=O) groups is 1. The van der Waals surface area contributed by atoms with E-state index in [0.29, 0.717) is 41.7 Å². The normalized spacial score (nSPS) is 12.0. The van der Waals surface area contributed by atoms with Gasteiger partial charge in [-0.2, -0.15) is 0 Å². The van der Waals surface area contributed by atoms with E-state index in [9.17, 15) is 14.4 Å². The molecule has 3 aromatic rings. The Kier molecular flexibility index (Phi) is 6.16. The van der Waals surface area contributed by atoms with Crippen molar-refractivity contribution >= 4 is 22.5 Å². The molecule has 7 nitrogen and oxygen atoms in total. The van der Waals surface area contributed by atoms with E-state index in [1.54, 1.807) is 55.6 Å². The van der Waals surface area contributed by atoms with Crippen molar-refractivity contribution in [2.45, 2.75) is 39.3 Å². The summed E-state index contributed by atoms with van der Waals surface area (Å²) in [6.45, 7) is 4.05. The number of para-hydroxylation sites is 1. The summed E-state index contributed by atoms with van der Waals surface area (Å²) in [7, 11) is 1.57. The Morgan fingerprint density at radius 1 is 1.07 bits per heavy atom. The van der Waals surface area contributed by atoms with E-state index in [0.717, 1.165) is 0 Å². The third-order valence-electron chi connectivity index (χ3n) is 4.88. The number of nitrogens with one attached hydrogen (secondary N) is 1. The average molecular weight is 395 g/mol. The van der Waals surface area contributed by atoms with Gasteiger partial charge in [-0.3, -0.25) is 18.7 Å². The maximum absolute atomic E-state index is 13.2. The third kappa shape index (κ3) is 3.94. The number of amides is 1. The van der Waals surface area contributed by atoms with E-state index in [1.807, 2.05) is 13.8 Å². The molecule has 1 atom stereocenters. The van der Waals surface area contributed by atoms with E-state index >= 15 is 0 Å². The number of methoxy groups -OCH3 is 1. The second-order valence-electron chi connectivity index (χ2n) is 6.77. The molecule has 0 radical (unpaired) electrons. The highest BCUT2D eigenvalue weighted by atomic mass is 16.5. The van der Waals surface area contributed by atoms with Gasteiger partial charge in [0.1, 0.15) is 11.8 Å². The van der Waals surface area contributed by atoms with Crippen molar-refractivity contribution < 1.29 is 9.53 Å².